The average Bonchev–Trinajstić information content (AvgIpc) is 3.07. The molecule has 0 aliphatic carbocycles. The Morgan fingerprint density at radius 3 is 3.00 bits per heavy atom. The van der Waals surface area contributed by atoms with E-state index in [0.717, 1.165) is 25.1 Å². The van der Waals surface area contributed by atoms with Gasteiger partial charge in [-0.2, -0.15) is 0 Å². The second-order valence-corrected chi connectivity index (χ2v) is 5.70. The minimum atomic E-state index is -0.101. The zero-order valence-electron chi connectivity index (χ0n) is 13.9. The summed E-state index contributed by atoms with van der Waals surface area (Å²) in [5.41, 5.74) is 1.03. The van der Waals surface area contributed by atoms with Gasteiger partial charge in [-0.15, -0.1) is 0 Å². The van der Waals surface area contributed by atoms with E-state index in [1.54, 1.807) is 7.11 Å². The fourth-order valence-corrected chi connectivity index (χ4v) is 2.67. The first-order valence-electron chi connectivity index (χ1n) is 8.14. The molecular formula is C18H26N2O3. The number of allylic oxidation sites excluding steroid dienone is 1. The first-order chi connectivity index (χ1) is 11.2. The Labute approximate surface area is 138 Å². The lowest BCUT2D eigenvalue weighted by atomic mass is 10.1. The maximum Gasteiger partial charge on any atom is 0.257 e. The summed E-state index contributed by atoms with van der Waals surface area (Å²) in [6.45, 7) is 4.81. The number of ether oxygens (including phenoxy) is 2. The Hall–Kier alpha value is -2.01. The number of hydrogen-bond acceptors (Lipinski definition) is 4. The molecule has 1 amide bonds. The Morgan fingerprint density at radius 1 is 1.43 bits per heavy atom. The summed E-state index contributed by atoms with van der Waals surface area (Å²) in [7, 11) is 1.59. The first kappa shape index (κ1) is 17.3. The van der Waals surface area contributed by atoms with Crippen LogP contribution in [-0.4, -0.2) is 39.3 Å². The van der Waals surface area contributed by atoms with Crippen LogP contribution in [-0.2, 0) is 4.79 Å². The van der Waals surface area contributed by atoms with Crippen LogP contribution in [0.4, 0.5) is 0 Å². The van der Waals surface area contributed by atoms with Gasteiger partial charge in [0.15, 0.2) is 18.1 Å². The molecule has 0 bridgehead atoms. The highest BCUT2D eigenvalue weighted by atomic mass is 16.5. The van der Waals surface area contributed by atoms with Crippen LogP contribution in [0, 0.1) is 5.92 Å². The van der Waals surface area contributed by atoms with Crippen LogP contribution in [0.15, 0.2) is 24.3 Å². The van der Waals surface area contributed by atoms with Crippen molar-refractivity contribution in [3.8, 4) is 11.5 Å². The number of carbonyl (C=O) groups is 1. The van der Waals surface area contributed by atoms with Crippen LogP contribution < -0.4 is 20.1 Å². The summed E-state index contributed by atoms with van der Waals surface area (Å²) < 4.78 is 10.9. The maximum atomic E-state index is 11.9. The molecule has 1 unspecified atom stereocenters. The molecule has 1 heterocycles. The lowest BCUT2D eigenvalue weighted by Gasteiger charge is -2.12. The topological polar surface area (TPSA) is 59.6 Å². The SMILES string of the molecule is C/C=C/c1ccc(OCC(=O)NCCC2CCNC2)c(OC)c1. The van der Waals surface area contributed by atoms with Crippen molar-refractivity contribution in [2.24, 2.45) is 5.92 Å². The molecule has 5 nitrogen and oxygen atoms in total. The van der Waals surface area contributed by atoms with Crippen molar-refractivity contribution in [3.05, 3.63) is 29.8 Å². The highest BCUT2D eigenvalue weighted by Crippen LogP contribution is 2.28. The van der Waals surface area contributed by atoms with Crippen molar-refractivity contribution < 1.29 is 14.3 Å². The van der Waals surface area contributed by atoms with Crippen molar-refractivity contribution in [2.45, 2.75) is 19.8 Å². The Kier molecular flexibility index (Phi) is 6.94. The van der Waals surface area contributed by atoms with E-state index >= 15 is 0 Å². The van der Waals surface area contributed by atoms with Gasteiger partial charge in [0.25, 0.3) is 5.91 Å². The van der Waals surface area contributed by atoms with Gasteiger partial charge in [-0.1, -0.05) is 18.2 Å². The molecular weight excluding hydrogens is 292 g/mol. The fraction of sp³-hybridized carbons (Fsp3) is 0.500. The summed E-state index contributed by atoms with van der Waals surface area (Å²) in [5, 5.41) is 6.23. The third-order valence-electron chi connectivity index (χ3n) is 3.94. The molecule has 1 aliphatic rings. The van der Waals surface area contributed by atoms with Crippen LogP contribution in [0.25, 0.3) is 6.08 Å². The number of nitrogens with one attached hydrogen (secondary N) is 2. The van der Waals surface area contributed by atoms with Crippen LogP contribution >= 0.6 is 0 Å². The lowest BCUT2D eigenvalue weighted by Crippen LogP contribution is -2.31. The van der Waals surface area contributed by atoms with Crippen LogP contribution in [0.5, 0.6) is 11.5 Å². The van der Waals surface area contributed by atoms with Crippen LogP contribution in [0.1, 0.15) is 25.3 Å². The summed E-state index contributed by atoms with van der Waals surface area (Å²) in [6.07, 6.45) is 6.15. The quantitative estimate of drug-likeness (QED) is 0.772. The van der Waals surface area contributed by atoms with E-state index in [-0.39, 0.29) is 12.5 Å². The third-order valence-corrected chi connectivity index (χ3v) is 3.94. The highest BCUT2D eigenvalue weighted by Gasteiger charge is 2.14. The molecule has 1 atom stereocenters. The molecule has 1 fully saturated rings. The number of amides is 1. The lowest BCUT2D eigenvalue weighted by molar-refractivity contribution is -0.123. The molecule has 1 aromatic carbocycles. The van der Waals surface area contributed by atoms with Crippen LogP contribution in [0.3, 0.4) is 0 Å². The predicted molar refractivity (Wildman–Crippen MR) is 91.8 cm³/mol. The molecule has 5 heteroatoms. The Bertz CT molecular complexity index is 537. The molecule has 2 rings (SSSR count). The molecule has 1 aliphatic heterocycles. The number of hydrogen-bond donors (Lipinski definition) is 2. The predicted octanol–water partition coefficient (Wildman–Crippen LogP) is 2.22. The standard InChI is InChI=1S/C18H26N2O3/c1-3-4-14-5-6-16(17(11-14)22-2)23-13-18(21)20-10-8-15-7-9-19-12-15/h3-6,11,15,19H,7-10,12-13H2,1-2H3,(H,20,21)/b4-3+. The minimum absolute atomic E-state index is 0.00222. The van der Waals surface area contributed by atoms with E-state index in [0.29, 0.717) is 24.0 Å². The van der Waals surface area contributed by atoms with Gasteiger partial charge in [-0.25, -0.2) is 0 Å². The molecule has 126 valence electrons. The minimum Gasteiger partial charge on any atom is -0.493 e. The molecule has 2 N–H and O–H groups in total. The van der Waals surface area contributed by atoms with E-state index in [2.05, 4.69) is 10.6 Å². The van der Waals surface area contributed by atoms with E-state index in [1.165, 1.54) is 6.42 Å². The largest absolute Gasteiger partial charge is 0.493 e. The number of rotatable bonds is 8. The normalized spacial score (nSPS) is 17.4. The fourth-order valence-electron chi connectivity index (χ4n) is 2.67. The summed E-state index contributed by atoms with van der Waals surface area (Å²) in [6, 6.07) is 5.65. The van der Waals surface area contributed by atoms with Gasteiger partial charge in [-0.3, -0.25) is 4.79 Å². The number of methoxy groups -OCH3 is 1. The van der Waals surface area contributed by atoms with Crippen molar-refractivity contribution in [3.63, 3.8) is 0 Å². The summed E-state index contributed by atoms with van der Waals surface area (Å²) in [5.74, 6) is 1.78. The third kappa shape index (κ3) is 5.60. The van der Waals surface area contributed by atoms with Crippen molar-refractivity contribution in [2.75, 3.05) is 33.4 Å². The maximum absolute atomic E-state index is 11.9. The Morgan fingerprint density at radius 2 is 2.30 bits per heavy atom. The van der Waals surface area contributed by atoms with Crippen molar-refractivity contribution in [1.82, 2.24) is 10.6 Å². The second-order valence-electron chi connectivity index (χ2n) is 5.70. The average molecular weight is 318 g/mol. The molecule has 1 aromatic rings. The van der Waals surface area contributed by atoms with Gasteiger partial charge < -0.3 is 20.1 Å². The van der Waals surface area contributed by atoms with E-state index in [9.17, 15) is 4.79 Å². The number of benzene rings is 1. The van der Waals surface area contributed by atoms with Crippen molar-refractivity contribution >= 4 is 12.0 Å². The van der Waals surface area contributed by atoms with E-state index in [1.807, 2.05) is 37.3 Å². The summed E-state index contributed by atoms with van der Waals surface area (Å²) in [4.78, 5) is 11.9. The molecule has 0 spiro atoms. The van der Waals surface area contributed by atoms with Gasteiger partial charge in [0.1, 0.15) is 0 Å². The van der Waals surface area contributed by atoms with Gasteiger partial charge >= 0.3 is 0 Å². The highest BCUT2D eigenvalue weighted by molar-refractivity contribution is 5.77. The van der Waals surface area contributed by atoms with Gasteiger partial charge in [0.05, 0.1) is 7.11 Å². The van der Waals surface area contributed by atoms with E-state index < -0.39 is 0 Å². The van der Waals surface area contributed by atoms with Crippen LogP contribution in [0.2, 0.25) is 0 Å². The molecule has 0 radical (unpaired) electrons. The summed E-state index contributed by atoms with van der Waals surface area (Å²) >= 11 is 0. The molecule has 1 saturated heterocycles. The molecule has 0 aromatic heterocycles. The zero-order chi connectivity index (χ0) is 16.5. The second kappa shape index (κ2) is 9.20. The van der Waals surface area contributed by atoms with E-state index in [4.69, 9.17) is 9.47 Å². The smallest absolute Gasteiger partial charge is 0.257 e. The Balaban J connectivity index is 1.76. The van der Waals surface area contributed by atoms with Gasteiger partial charge in [-0.05, 0) is 56.5 Å². The van der Waals surface area contributed by atoms with Gasteiger partial charge in [0.2, 0.25) is 0 Å². The first-order valence-corrected chi connectivity index (χ1v) is 8.14. The monoisotopic (exact) mass is 318 g/mol. The zero-order valence-corrected chi connectivity index (χ0v) is 13.9. The molecule has 23 heavy (non-hydrogen) atoms. The number of carbonyl (C=O) groups excluding carboxylic acids is 1. The van der Waals surface area contributed by atoms with Gasteiger partial charge in [0, 0.05) is 6.54 Å². The van der Waals surface area contributed by atoms with Crippen molar-refractivity contribution in [1.29, 1.82) is 0 Å². The molecule has 0 saturated carbocycles.